The lowest BCUT2D eigenvalue weighted by atomic mass is 10.1. The Balaban J connectivity index is 2.39. The van der Waals surface area contributed by atoms with E-state index in [9.17, 15) is 14.9 Å². The van der Waals surface area contributed by atoms with Gasteiger partial charge in [0.2, 0.25) is 0 Å². The van der Waals surface area contributed by atoms with Crippen molar-refractivity contribution in [3.8, 4) is 5.69 Å². The first-order chi connectivity index (χ1) is 10.5. The highest BCUT2D eigenvalue weighted by molar-refractivity contribution is 5.78. The van der Waals surface area contributed by atoms with E-state index in [1.54, 1.807) is 44.2 Å². The zero-order valence-electron chi connectivity index (χ0n) is 12.1. The molecule has 22 heavy (non-hydrogen) atoms. The van der Waals surface area contributed by atoms with E-state index < -0.39 is 4.92 Å². The van der Waals surface area contributed by atoms with Crippen LogP contribution in [0.2, 0.25) is 0 Å². The van der Waals surface area contributed by atoms with Crippen molar-refractivity contribution in [1.82, 2.24) is 9.55 Å². The van der Waals surface area contributed by atoms with Gasteiger partial charge in [-0.2, -0.15) is 0 Å². The summed E-state index contributed by atoms with van der Waals surface area (Å²) in [4.78, 5) is 27.8. The van der Waals surface area contributed by atoms with Gasteiger partial charge in [0.25, 0.3) is 11.2 Å². The van der Waals surface area contributed by atoms with E-state index in [0.717, 1.165) is 0 Å². The SMILES string of the molecule is Cc1c(-n2c(C)nc3ccccc3c2=O)cccc1[N+](=O)[O-]. The van der Waals surface area contributed by atoms with Crippen LogP contribution < -0.4 is 5.56 Å². The molecular weight excluding hydrogens is 282 g/mol. The van der Waals surface area contributed by atoms with Gasteiger partial charge in [-0.1, -0.05) is 18.2 Å². The number of hydrogen-bond acceptors (Lipinski definition) is 4. The van der Waals surface area contributed by atoms with Gasteiger partial charge in [-0.3, -0.25) is 19.5 Å². The third-order valence-electron chi connectivity index (χ3n) is 3.66. The Labute approximate surface area is 125 Å². The molecule has 0 N–H and O–H groups in total. The van der Waals surface area contributed by atoms with Gasteiger partial charge in [-0.15, -0.1) is 0 Å². The lowest BCUT2D eigenvalue weighted by Gasteiger charge is -2.13. The Kier molecular flexibility index (Phi) is 3.21. The fourth-order valence-corrected chi connectivity index (χ4v) is 2.58. The van der Waals surface area contributed by atoms with E-state index in [4.69, 9.17) is 0 Å². The normalized spacial score (nSPS) is 10.8. The van der Waals surface area contributed by atoms with Gasteiger partial charge in [0.1, 0.15) is 5.82 Å². The fourth-order valence-electron chi connectivity index (χ4n) is 2.58. The number of benzene rings is 2. The van der Waals surface area contributed by atoms with Gasteiger partial charge in [-0.05, 0) is 32.0 Å². The summed E-state index contributed by atoms with van der Waals surface area (Å²) in [6, 6.07) is 11.7. The summed E-state index contributed by atoms with van der Waals surface area (Å²) in [7, 11) is 0. The molecule has 0 aliphatic carbocycles. The molecule has 6 nitrogen and oxygen atoms in total. The van der Waals surface area contributed by atoms with Crippen LogP contribution >= 0.6 is 0 Å². The second-order valence-electron chi connectivity index (χ2n) is 5.00. The number of fused-ring (bicyclic) bond motifs is 1. The first-order valence-electron chi connectivity index (χ1n) is 6.73. The first kappa shape index (κ1) is 13.9. The molecule has 0 aliphatic heterocycles. The summed E-state index contributed by atoms with van der Waals surface area (Å²) in [5.41, 5.74) is 1.29. The lowest BCUT2D eigenvalue weighted by Crippen LogP contribution is -2.23. The van der Waals surface area contributed by atoms with Gasteiger partial charge in [0.15, 0.2) is 0 Å². The molecule has 0 aliphatic rings. The molecule has 0 saturated heterocycles. The Morgan fingerprint density at radius 1 is 1.09 bits per heavy atom. The Hall–Kier alpha value is -3.02. The van der Waals surface area contributed by atoms with Crippen LogP contribution in [0.25, 0.3) is 16.6 Å². The summed E-state index contributed by atoms with van der Waals surface area (Å²) in [5, 5.41) is 11.6. The van der Waals surface area contributed by atoms with E-state index in [-0.39, 0.29) is 11.2 Å². The molecule has 0 radical (unpaired) electrons. The standard InChI is InChI=1S/C16H13N3O3/c1-10-14(8-5-9-15(10)19(21)22)18-11(2)17-13-7-4-3-6-12(13)16(18)20/h3-9H,1-2H3. The van der Waals surface area contributed by atoms with Crippen molar-refractivity contribution in [1.29, 1.82) is 0 Å². The second-order valence-corrected chi connectivity index (χ2v) is 5.00. The third-order valence-corrected chi connectivity index (χ3v) is 3.66. The summed E-state index contributed by atoms with van der Waals surface area (Å²) >= 11 is 0. The molecule has 6 heteroatoms. The summed E-state index contributed by atoms with van der Waals surface area (Å²) < 4.78 is 1.42. The minimum atomic E-state index is -0.451. The molecule has 1 aromatic heterocycles. The highest BCUT2D eigenvalue weighted by atomic mass is 16.6. The van der Waals surface area contributed by atoms with Crippen LogP contribution in [0.3, 0.4) is 0 Å². The van der Waals surface area contributed by atoms with Crippen LogP contribution in [0.1, 0.15) is 11.4 Å². The molecule has 0 fully saturated rings. The van der Waals surface area contributed by atoms with E-state index >= 15 is 0 Å². The van der Waals surface area contributed by atoms with Crippen molar-refractivity contribution < 1.29 is 4.92 Å². The summed E-state index contributed by atoms with van der Waals surface area (Å²) in [6.45, 7) is 3.35. The number of hydrogen-bond donors (Lipinski definition) is 0. The number of aryl methyl sites for hydroxylation is 1. The smallest absolute Gasteiger partial charge is 0.268 e. The van der Waals surface area contributed by atoms with Crippen molar-refractivity contribution in [3.05, 3.63) is 74.3 Å². The van der Waals surface area contributed by atoms with Gasteiger partial charge < -0.3 is 0 Å². The van der Waals surface area contributed by atoms with Crippen molar-refractivity contribution in [2.75, 3.05) is 0 Å². The Morgan fingerprint density at radius 3 is 2.55 bits per heavy atom. The topological polar surface area (TPSA) is 78.0 Å². The maximum atomic E-state index is 12.7. The van der Waals surface area contributed by atoms with Crippen LogP contribution in [-0.2, 0) is 0 Å². The minimum Gasteiger partial charge on any atom is -0.268 e. The number of aromatic nitrogens is 2. The highest BCUT2D eigenvalue weighted by Crippen LogP contribution is 2.24. The molecule has 2 aromatic carbocycles. The van der Waals surface area contributed by atoms with Gasteiger partial charge in [0, 0.05) is 6.07 Å². The van der Waals surface area contributed by atoms with Crippen molar-refractivity contribution in [3.63, 3.8) is 0 Å². The lowest BCUT2D eigenvalue weighted by molar-refractivity contribution is -0.385. The molecular formula is C16H13N3O3. The molecule has 0 unspecified atom stereocenters. The van der Waals surface area contributed by atoms with E-state index in [1.165, 1.54) is 10.6 Å². The summed E-state index contributed by atoms with van der Waals surface area (Å²) in [6.07, 6.45) is 0. The number of nitro groups is 1. The van der Waals surface area contributed by atoms with E-state index in [2.05, 4.69) is 4.98 Å². The Bertz CT molecular complexity index is 960. The van der Waals surface area contributed by atoms with Crippen LogP contribution in [0, 0.1) is 24.0 Å². The molecule has 0 spiro atoms. The molecule has 1 heterocycles. The molecule has 0 atom stereocenters. The monoisotopic (exact) mass is 295 g/mol. The molecule has 110 valence electrons. The quantitative estimate of drug-likeness (QED) is 0.538. The van der Waals surface area contributed by atoms with Crippen molar-refractivity contribution in [2.24, 2.45) is 0 Å². The second kappa shape index (κ2) is 5.07. The van der Waals surface area contributed by atoms with E-state index in [0.29, 0.717) is 28.0 Å². The van der Waals surface area contributed by atoms with Gasteiger partial charge in [-0.25, -0.2) is 4.98 Å². The van der Waals surface area contributed by atoms with Crippen LogP contribution in [0.15, 0.2) is 47.3 Å². The highest BCUT2D eigenvalue weighted by Gasteiger charge is 2.17. The van der Waals surface area contributed by atoms with Crippen LogP contribution in [0.5, 0.6) is 0 Å². The maximum Gasteiger partial charge on any atom is 0.274 e. The number of nitro benzene ring substituents is 1. The first-order valence-corrected chi connectivity index (χ1v) is 6.73. The third kappa shape index (κ3) is 2.05. The number of nitrogens with zero attached hydrogens (tertiary/aromatic N) is 3. The predicted molar refractivity (Wildman–Crippen MR) is 83.5 cm³/mol. The fraction of sp³-hybridized carbons (Fsp3) is 0.125. The molecule has 0 saturated carbocycles. The van der Waals surface area contributed by atoms with Gasteiger partial charge >= 0.3 is 0 Å². The van der Waals surface area contributed by atoms with Crippen LogP contribution in [0.4, 0.5) is 5.69 Å². The summed E-state index contributed by atoms with van der Waals surface area (Å²) in [5.74, 6) is 0.493. The largest absolute Gasteiger partial charge is 0.274 e. The predicted octanol–water partition coefficient (Wildman–Crippen LogP) is 2.91. The average Bonchev–Trinajstić information content (AvgIpc) is 2.48. The average molecular weight is 295 g/mol. The zero-order chi connectivity index (χ0) is 15.9. The van der Waals surface area contributed by atoms with E-state index in [1.807, 2.05) is 6.07 Å². The number of para-hydroxylation sites is 1. The molecule has 3 rings (SSSR count). The van der Waals surface area contributed by atoms with Gasteiger partial charge in [0.05, 0.1) is 27.1 Å². The number of rotatable bonds is 2. The van der Waals surface area contributed by atoms with Crippen molar-refractivity contribution >= 4 is 16.6 Å². The maximum absolute atomic E-state index is 12.7. The Morgan fingerprint density at radius 2 is 1.82 bits per heavy atom. The molecule has 3 aromatic rings. The molecule has 0 bridgehead atoms. The minimum absolute atomic E-state index is 0.0167. The molecule has 0 amide bonds. The van der Waals surface area contributed by atoms with Crippen molar-refractivity contribution in [2.45, 2.75) is 13.8 Å². The zero-order valence-corrected chi connectivity index (χ0v) is 12.1. The van der Waals surface area contributed by atoms with Crippen LogP contribution in [-0.4, -0.2) is 14.5 Å².